The minimum absolute atomic E-state index is 0.00979. The molecule has 3 nitrogen and oxygen atoms in total. The van der Waals surface area contributed by atoms with E-state index in [9.17, 15) is 18.0 Å². The number of benzene rings is 1. The van der Waals surface area contributed by atoms with Gasteiger partial charge in [0.15, 0.2) is 4.75 Å². The molecule has 168 valence electrons. The van der Waals surface area contributed by atoms with Crippen LogP contribution in [0.5, 0.6) is 0 Å². The summed E-state index contributed by atoms with van der Waals surface area (Å²) in [4.78, 5) is 13.3. The summed E-state index contributed by atoms with van der Waals surface area (Å²) in [6, 6.07) is 3.98. The average molecular weight is 531 g/mol. The Morgan fingerprint density at radius 2 is 1.71 bits per heavy atom. The Hall–Kier alpha value is -0.930. The lowest BCUT2D eigenvalue weighted by atomic mass is 9.91. The summed E-state index contributed by atoms with van der Waals surface area (Å²) in [7, 11) is 0. The maximum atomic E-state index is 14.3. The van der Waals surface area contributed by atoms with Crippen LogP contribution >= 0.6 is 58.1 Å². The second kappa shape index (κ2) is 8.45. The lowest BCUT2D eigenvalue weighted by Gasteiger charge is -2.30. The summed E-state index contributed by atoms with van der Waals surface area (Å²) in [6.07, 6.45) is -5.09. The summed E-state index contributed by atoms with van der Waals surface area (Å²) < 4.78 is 49.9. The van der Waals surface area contributed by atoms with E-state index in [0.717, 1.165) is 11.3 Å². The van der Waals surface area contributed by atoms with Crippen molar-refractivity contribution in [2.45, 2.75) is 50.6 Å². The summed E-state index contributed by atoms with van der Waals surface area (Å²) in [6.45, 7) is 6.93. The summed E-state index contributed by atoms with van der Waals surface area (Å²) in [5.74, 6) is -0.522. The second-order valence-corrected chi connectivity index (χ2v) is 11.3. The summed E-state index contributed by atoms with van der Waals surface area (Å²) in [5, 5.41) is -0.147. The van der Waals surface area contributed by atoms with Gasteiger partial charge >= 0.3 is 12.1 Å². The van der Waals surface area contributed by atoms with E-state index >= 15 is 0 Å². The van der Waals surface area contributed by atoms with Crippen LogP contribution < -0.4 is 0 Å². The molecule has 1 atom stereocenters. The molecule has 0 bridgehead atoms. The van der Waals surface area contributed by atoms with Gasteiger partial charge in [-0.25, -0.2) is 9.19 Å². The first-order valence-corrected chi connectivity index (χ1v) is 11.7. The SMILES string of the molecule is Cc1cc(C2=NSC(c3cc(Cl)c(Cl)c(Cl)c3)(C(F)(F)F)C2)sc1C(=O)OC(C)(C)C. The highest BCUT2D eigenvalue weighted by Crippen LogP contribution is 2.58. The third-order valence-electron chi connectivity index (χ3n) is 4.42. The Bertz CT molecular complexity index is 1050. The maximum Gasteiger partial charge on any atom is 0.409 e. The number of thiophene rings is 1. The fourth-order valence-corrected chi connectivity index (χ4v) is 5.62. The molecule has 0 saturated carbocycles. The van der Waals surface area contributed by atoms with Gasteiger partial charge in [0.2, 0.25) is 0 Å². The van der Waals surface area contributed by atoms with E-state index in [4.69, 9.17) is 39.5 Å². The quantitative estimate of drug-likeness (QED) is 0.228. The van der Waals surface area contributed by atoms with E-state index in [0.29, 0.717) is 27.3 Å². The van der Waals surface area contributed by atoms with Gasteiger partial charge in [-0.15, -0.1) is 11.3 Å². The number of carbonyl (C=O) groups excluding carboxylic acids is 1. The minimum Gasteiger partial charge on any atom is -0.456 e. The summed E-state index contributed by atoms with van der Waals surface area (Å²) in [5.41, 5.74) is 0.0210. The van der Waals surface area contributed by atoms with Gasteiger partial charge in [0, 0.05) is 6.42 Å². The maximum absolute atomic E-state index is 14.3. The van der Waals surface area contributed by atoms with Crippen molar-refractivity contribution in [2.24, 2.45) is 4.40 Å². The fourth-order valence-electron chi connectivity index (χ4n) is 2.98. The lowest BCUT2D eigenvalue weighted by Crippen LogP contribution is -2.38. The Morgan fingerprint density at radius 3 is 2.23 bits per heavy atom. The van der Waals surface area contributed by atoms with Crippen molar-refractivity contribution in [2.75, 3.05) is 0 Å². The zero-order valence-corrected chi connectivity index (χ0v) is 20.7. The molecule has 3 rings (SSSR count). The molecule has 0 saturated heterocycles. The van der Waals surface area contributed by atoms with Gasteiger partial charge in [0.25, 0.3) is 0 Å². The number of aryl methyl sites for hydroxylation is 1. The molecular weight excluding hydrogens is 514 g/mol. The Balaban J connectivity index is 1.97. The number of esters is 1. The molecule has 2 aromatic rings. The van der Waals surface area contributed by atoms with Crippen LogP contribution in [0.4, 0.5) is 13.2 Å². The Kier molecular flexibility index (Phi) is 6.73. The second-order valence-electron chi connectivity index (χ2n) is 8.01. The molecule has 0 N–H and O–H groups in total. The van der Waals surface area contributed by atoms with Crippen molar-refractivity contribution in [1.29, 1.82) is 0 Å². The number of halogens is 6. The average Bonchev–Trinajstić information content (AvgIpc) is 3.22. The van der Waals surface area contributed by atoms with Crippen molar-refractivity contribution in [3.05, 3.63) is 54.1 Å². The number of hydrogen-bond donors (Lipinski definition) is 0. The highest BCUT2D eigenvalue weighted by Gasteiger charge is 2.60. The molecular formula is C20H17Cl3F3NO2S2. The molecule has 0 spiro atoms. The summed E-state index contributed by atoms with van der Waals surface area (Å²) >= 11 is 19.4. The van der Waals surface area contributed by atoms with Crippen LogP contribution in [0, 0.1) is 6.92 Å². The van der Waals surface area contributed by atoms with E-state index < -0.39 is 28.9 Å². The largest absolute Gasteiger partial charge is 0.456 e. The smallest absolute Gasteiger partial charge is 0.409 e. The third-order valence-corrected chi connectivity index (χ3v) is 8.12. The van der Waals surface area contributed by atoms with E-state index in [1.54, 1.807) is 33.8 Å². The van der Waals surface area contributed by atoms with Crippen LogP contribution in [0.25, 0.3) is 0 Å². The van der Waals surface area contributed by atoms with Crippen LogP contribution in [0.1, 0.15) is 52.9 Å². The number of rotatable bonds is 3. The zero-order chi connectivity index (χ0) is 23.4. The van der Waals surface area contributed by atoms with Crippen LogP contribution in [0.15, 0.2) is 22.6 Å². The number of carbonyl (C=O) groups is 1. The molecule has 1 aromatic heterocycles. The molecule has 0 radical (unpaired) electrons. The van der Waals surface area contributed by atoms with Crippen LogP contribution in [-0.2, 0) is 9.48 Å². The predicted molar refractivity (Wildman–Crippen MR) is 122 cm³/mol. The van der Waals surface area contributed by atoms with Crippen molar-refractivity contribution >= 4 is 69.8 Å². The molecule has 0 fully saturated rings. The van der Waals surface area contributed by atoms with Gasteiger partial charge in [-0.1, -0.05) is 34.8 Å². The number of alkyl halides is 3. The van der Waals surface area contributed by atoms with E-state index in [-0.39, 0.29) is 26.3 Å². The molecule has 1 aliphatic heterocycles. The predicted octanol–water partition coefficient (Wildman–Crippen LogP) is 8.27. The molecule has 0 aliphatic carbocycles. The molecule has 11 heteroatoms. The van der Waals surface area contributed by atoms with E-state index in [2.05, 4.69) is 4.40 Å². The van der Waals surface area contributed by atoms with Gasteiger partial charge < -0.3 is 4.74 Å². The van der Waals surface area contributed by atoms with Gasteiger partial charge in [0.1, 0.15) is 10.5 Å². The van der Waals surface area contributed by atoms with Gasteiger partial charge in [-0.3, -0.25) is 0 Å². The highest BCUT2D eigenvalue weighted by molar-refractivity contribution is 7.99. The highest BCUT2D eigenvalue weighted by atomic mass is 35.5. The first-order valence-electron chi connectivity index (χ1n) is 8.95. The molecule has 0 amide bonds. The van der Waals surface area contributed by atoms with Crippen LogP contribution in [0.3, 0.4) is 0 Å². The monoisotopic (exact) mass is 529 g/mol. The van der Waals surface area contributed by atoms with Crippen molar-refractivity contribution < 1.29 is 22.7 Å². The normalized spacial score (nSPS) is 19.5. The Morgan fingerprint density at radius 1 is 1.13 bits per heavy atom. The Labute approximate surface area is 201 Å². The molecule has 1 aliphatic rings. The van der Waals surface area contributed by atoms with Crippen LogP contribution in [-0.4, -0.2) is 23.5 Å². The van der Waals surface area contributed by atoms with Crippen LogP contribution in [0.2, 0.25) is 15.1 Å². The molecule has 31 heavy (non-hydrogen) atoms. The minimum atomic E-state index is -4.65. The first-order chi connectivity index (χ1) is 14.1. The van der Waals surface area contributed by atoms with Gasteiger partial charge in [-0.2, -0.15) is 13.2 Å². The lowest BCUT2D eigenvalue weighted by molar-refractivity contribution is -0.159. The van der Waals surface area contributed by atoms with Crippen molar-refractivity contribution in [3.8, 4) is 0 Å². The van der Waals surface area contributed by atoms with Gasteiger partial charge in [-0.05, 0) is 69.0 Å². The topological polar surface area (TPSA) is 38.7 Å². The first kappa shape index (κ1) is 24.7. The zero-order valence-electron chi connectivity index (χ0n) is 16.8. The number of ether oxygens (including phenoxy) is 1. The standard InChI is InChI=1S/C20H17Cl3F3NO2S2/c1-9-5-14(30-16(9)17(28)29-18(2,3)4)13-8-19(31-27-13,20(24,25)26)10-6-11(21)15(23)12(22)7-10/h5-7H,8H2,1-4H3. The molecule has 1 aromatic carbocycles. The van der Waals surface area contributed by atoms with E-state index in [1.807, 2.05) is 0 Å². The van der Waals surface area contributed by atoms with Crippen molar-refractivity contribution in [3.63, 3.8) is 0 Å². The van der Waals surface area contributed by atoms with Crippen molar-refractivity contribution in [1.82, 2.24) is 0 Å². The third kappa shape index (κ3) is 4.88. The molecule has 2 heterocycles. The van der Waals surface area contributed by atoms with Gasteiger partial charge in [0.05, 0.1) is 25.7 Å². The van der Waals surface area contributed by atoms with E-state index in [1.165, 1.54) is 12.1 Å². The number of hydrogen-bond acceptors (Lipinski definition) is 5. The fraction of sp³-hybridized carbons (Fsp3) is 0.400. The molecule has 1 unspecified atom stereocenters. The number of nitrogens with zero attached hydrogens (tertiary/aromatic N) is 1.